The number of benzene rings is 1. The van der Waals surface area contributed by atoms with Crippen LogP contribution in [0.5, 0.6) is 0 Å². The van der Waals surface area contributed by atoms with Crippen LogP contribution in [0.3, 0.4) is 0 Å². The van der Waals surface area contributed by atoms with Gasteiger partial charge in [0, 0.05) is 5.56 Å². The van der Waals surface area contributed by atoms with Crippen LogP contribution >= 0.6 is 0 Å². The third kappa shape index (κ3) is 8.20. The molecule has 0 atom stereocenters. The molecule has 0 aromatic heterocycles. The minimum Gasteiger partial charge on any atom is -0.394 e. The number of aliphatic hydroxyl groups is 2. The van der Waals surface area contributed by atoms with Crippen LogP contribution in [0.25, 0.3) is 0 Å². The van der Waals surface area contributed by atoms with Gasteiger partial charge in [0.1, 0.15) is 5.60 Å². The van der Waals surface area contributed by atoms with Crippen LogP contribution in [0.4, 0.5) is 0 Å². The number of hydrogen-bond acceptors (Lipinski definition) is 6. The standard InChI is InChI=1S/C17H26O6/c1-17(2,20)16(19)15-5-3-14(4-6-15)13-23-12-11-22-10-9-21-8-7-18/h3-6,18,20H,7-13H2,1-2H3. The summed E-state index contributed by atoms with van der Waals surface area (Å²) in [5.41, 5.74) is 0.0621. The maximum absolute atomic E-state index is 11.9. The van der Waals surface area contributed by atoms with Crippen molar-refractivity contribution in [2.45, 2.75) is 26.1 Å². The molecule has 130 valence electrons. The first kappa shape index (κ1) is 19.7. The normalized spacial score (nSPS) is 11.7. The van der Waals surface area contributed by atoms with Crippen molar-refractivity contribution in [1.29, 1.82) is 0 Å². The van der Waals surface area contributed by atoms with Crippen molar-refractivity contribution in [3.63, 3.8) is 0 Å². The Morgan fingerprint density at radius 2 is 1.48 bits per heavy atom. The van der Waals surface area contributed by atoms with E-state index in [0.29, 0.717) is 45.2 Å². The van der Waals surface area contributed by atoms with Gasteiger partial charge in [0.15, 0.2) is 5.78 Å². The topological polar surface area (TPSA) is 85.2 Å². The summed E-state index contributed by atoms with van der Waals surface area (Å²) in [4.78, 5) is 11.9. The molecule has 1 rings (SSSR count). The fourth-order valence-corrected chi connectivity index (χ4v) is 1.80. The van der Waals surface area contributed by atoms with Gasteiger partial charge in [-0.3, -0.25) is 4.79 Å². The third-order valence-corrected chi connectivity index (χ3v) is 3.02. The van der Waals surface area contributed by atoms with E-state index in [0.717, 1.165) is 5.56 Å². The highest BCUT2D eigenvalue weighted by Crippen LogP contribution is 2.14. The average Bonchev–Trinajstić information content (AvgIpc) is 2.52. The molecule has 0 amide bonds. The van der Waals surface area contributed by atoms with Crippen LogP contribution in [-0.2, 0) is 20.8 Å². The largest absolute Gasteiger partial charge is 0.394 e. The first-order valence-corrected chi connectivity index (χ1v) is 7.65. The fourth-order valence-electron chi connectivity index (χ4n) is 1.80. The van der Waals surface area contributed by atoms with Gasteiger partial charge in [-0.1, -0.05) is 24.3 Å². The van der Waals surface area contributed by atoms with Crippen molar-refractivity contribution in [3.05, 3.63) is 35.4 Å². The van der Waals surface area contributed by atoms with Gasteiger partial charge >= 0.3 is 0 Å². The lowest BCUT2D eigenvalue weighted by Crippen LogP contribution is -2.31. The molecule has 0 radical (unpaired) electrons. The van der Waals surface area contributed by atoms with Crippen LogP contribution in [-0.4, -0.2) is 61.2 Å². The quantitative estimate of drug-likeness (QED) is 0.443. The second-order valence-electron chi connectivity index (χ2n) is 5.59. The predicted octanol–water partition coefficient (Wildman–Crippen LogP) is 1.18. The van der Waals surface area contributed by atoms with E-state index in [1.807, 2.05) is 12.1 Å². The number of ether oxygens (including phenoxy) is 3. The number of ketones is 1. The van der Waals surface area contributed by atoms with Crippen LogP contribution in [0.2, 0.25) is 0 Å². The molecule has 0 saturated heterocycles. The zero-order valence-corrected chi connectivity index (χ0v) is 13.8. The van der Waals surface area contributed by atoms with E-state index in [9.17, 15) is 9.90 Å². The molecular formula is C17H26O6. The van der Waals surface area contributed by atoms with E-state index >= 15 is 0 Å². The summed E-state index contributed by atoms with van der Waals surface area (Å²) in [7, 11) is 0. The molecule has 0 spiro atoms. The molecule has 1 aromatic rings. The Hall–Kier alpha value is -1.31. The van der Waals surface area contributed by atoms with Crippen molar-refractivity contribution < 1.29 is 29.2 Å². The molecule has 23 heavy (non-hydrogen) atoms. The number of rotatable bonds is 12. The summed E-state index contributed by atoms with van der Waals surface area (Å²) in [5.74, 6) is -0.304. The highest BCUT2D eigenvalue weighted by atomic mass is 16.5. The maximum atomic E-state index is 11.9. The molecule has 6 heteroatoms. The van der Waals surface area contributed by atoms with E-state index in [-0.39, 0.29) is 12.4 Å². The number of aliphatic hydroxyl groups excluding tert-OH is 1. The Labute approximate surface area is 137 Å². The molecule has 0 unspecified atom stereocenters. The van der Waals surface area contributed by atoms with Crippen molar-refractivity contribution in [2.24, 2.45) is 0 Å². The lowest BCUT2D eigenvalue weighted by molar-refractivity contribution is 0.00450. The van der Waals surface area contributed by atoms with Gasteiger partial charge < -0.3 is 24.4 Å². The van der Waals surface area contributed by atoms with E-state index in [4.69, 9.17) is 19.3 Å². The zero-order chi connectivity index (χ0) is 17.1. The summed E-state index contributed by atoms with van der Waals surface area (Å²) in [6.07, 6.45) is 0. The van der Waals surface area contributed by atoms with Crippen molar-refractivity contribution in [1.82, 2.24) is 0 Å². The number of hydrogen-bond donors (Lipinski definition) is 2. The Kier molecular flexibility index (Phi) is 8.98. The number of carbonyl (C=O) groups is 1. The lowest BCUT2D eigenvalue weighted by Gasteiger charge is -2.15. The molecule has 1 aromatic carbocycles. The summed E-state index contributed by atoms with van der Waals surface area (Å²) in [6, 6.07) is 6.99. The highest BCUT2D eigenvalue weighted by molar-refractivity contribution is 6.01. The predicted molar refractivity (Wildman–Crippen MR) is 85.5 cm³/mol. The first-order valence-electron chi connectivity index (χ1n) is 7.65. The molecule has 0 bridgehead atoms. The monoisotopic (exact) mass is 326 g/mol. The number of carbonyl (C=O) groups excluding carboxylic acids is 1. The minimum atomic E-state index is -1.36. The molecule has 0 aliphatic heterocycles. The first-order chi connectivity index (χ1) is 10.9. The zero-order valence-electron chi connectivity index (χ0n) is 13.8. The van der Waals surface area contributed by atoms with Crippen molar-refractivity contribution in [3.8, 4) is 0 Å². The summed E-state index contributed by atoms with van der Waals surface area (Å²) in [5, 5.41) is 18.2. The Morgan fingerprint density at radius 3 is 2.00 bits per heavy atom. The lowest BCUT2D eigenvalue weighted by atomic mass is 9.96. The molecule has 0 aliphatic rings. The average molecular weight is 326 g/mol. The molecular weight excluding hydrogens is 300 g/mol. The maximum Gasteiger partial charge on any atom is 0.193 e. The SMILES string of the molecule is CC(C)(O)C(=O)c1ccc(COCCOCCOCCO)cc1. The van der Waals surface area contributed by atoms with E-state index < -0.39 is 5.60 Å². The van der Waals surface area contributed by atoms with Crippen LogP contribution < -0.4 is 0 Å². The van der Waals surface area contributed by atoms with Crippen LogP contribution in [0.1, 0.15) is 29.8 Å². The molecule has 0 aliphatic carbocycles. The smallest absolute Gasteiger partial charge is 0.193 e. The Balaban J connectivity index is 2.18. The van der Waals surface area contributed by atoms with Gasteiger partial charge in [-0.2, -0.15) is 0 Å². The van der Waals surface area contributed by atoms with Gasteiger partial charge in [0.25, 0.3) is 0 Å². The van der Waals surface area contributed by atoms with Gasteiger partial charge in [0.05, 0.1) is 46.2 Å². The van der Waals surface area contributed by atoms with Gasteiger partial charge in [-0.05, 0) is 19.4 Å². The third-order valence-electron chi connectivity index (χ3n) is 3.02. The van der Waals surface area contributed by atoms with Crippen molar-refractivity contribution >= 4 is 5.78 Å². The van der Waals surface area contributed by atoms with Crippen LogP contribution in [0, 0.1) is 0 Å². The molecule has 6 nitrogen and oxygen atoms in total. The summed E-state index contributed by atoms with van der Waals surface area (Å²) in [6.45, 7) is 5.58. The highest BCUT2D eigenvalue weighted by Gasteiger charge is 2.24. The minimum absolute atomic E-state index is 0.0172. The fraction of sp³-hybridized carbons (Fsp3) is 0.588. The molecule has 0 fully saturated rings. The Bertz CT molecular complexity index is 449. The van der Waals surface area contributed by atoms with E-state index in [2.05, 4.69) is 0 Å². The molecule has 2 N–H and O–H groups in total. The van der Waals surface area contributed by atoms with Gasteiger partial charge in [-0.15, -0.1) is 0 Å². The molecule has 0 heterocycles. The van der Waals surface area contributed by atoms with Gasteiger partial charge in [-0.25, -0.2) is 0 Å². The van der Waals surface area contributed by atoms with Crippen molar-refractivity contribution in [2.75, 3.05) is 39.6 Å². The van der Waals surface area contributed by atoms with Crippen LogP contribution in [0.15, 0.2) is 24.3 Å². The summed E-state index contributed by atoms with van der Waals surface area (Å²) >= 11 is 0. The van der Waals surface area contributed by atoms with E-state index in [1.165, 1.54) is 13.8 Å². The summed E-state index contributed by atoms with van der Waals surface area (Å²) < 4.78 is 15.8. The van der Waals surface area contributed by atoms with E-state index in [1.54, 1.807) is 12.1 Å². The second-order valence-corrected chi connectivity index (χ2v) is 5.59. The van der Waals surface area contributed by atoms with Gasteiger partial charge in [0.2, 0.25) is 0 Å². The Morgan fingerprint density at radius 1 is 0.957 bits per heavy atom. The second kappa shape index (κ2) is 10.5. The number of Topliss-reactive ketones (excluding diaryl/α,β-unsaturated/α-hetero) is 1. The molecule has 0 saturated carbocycles.